The first kappa shape index (κ1) is 27.8. The van der Waals surface area contributed by atoms with E-state index in [4.69, 9.17) is 9.97 Å². The normalized spacial score (nSPS) is 11.0. The third kappa shape index (κ3) is 6.77. The van der Waals surface area contributed by atoms with Crippen molar-refractivity contribution in [3.63, 3.8) is 0 Å². The van der Waals surface area contributed by atoms with Gasteiger partial charge in [-0.1, -0.05) is 91.0 Å². The number of aryl methyl sites for hydroxylation is 1. The number of rotatable bonds is 9. The molecule has 6 nitrogen and oxygen atoms in total. The van der Waals surface area contributed by atoms with E-state index in [9.17, 15) is 4.79 Å². The molecule has 212 valence electrons. The molecule has 0 bridgehead atoms. The molecule has 1 aromatic heterocycles. The van der Waals surface area contributed by atoms with E-state index in [1.54, 1.807) is 12.1 Å². The van der Waals surface area contributed by atoms with Gasteiger partial charge in [-0.3, -0.25) is 9.69 Å². The molecule has 0 unspecified atom stereocenters. The first-order chi connectivity index (χ1) is 21.0. The zero-order valence-electron chi connectivity index (χ0n) is 24.3. The summed E-state index contributed by atoms with van der Waals surface area (Å²) in [6.45, 7) is 3.73. The molecule has 6 aromatic rings. The van der Waals surface area contributed by atoms with Crippen molar-refractivity contribution in [1.29, 1.82) is 0 Å². The lowest BCUT2D eigenvalue weighted by Gasteiger charge is -2.18. The number of hydrogen-bond donors (Lipinski definition) is 2. The third-order valence-electron chi connectivity index (χ3n) is 7.34. The second kappa shape index (κ2) is 12.7. The summed E-state index contributed by atoms with van der Waals surface area (Å²) in [6.07, 6.45) is 0. The van der Waals surface area contributed by atoms with Crippen LogP contribution in [0.3, 0.4) is 0 Å². The summed E-state index contributed by atoms with van der Waals surface area (Å²) in [4.78, 5) is 24.9. The summed E-state index contributed by atoms with van der Waals surface area (Å²) < 4.78 is 0. The summed E-state index contributed by atoms with van der Waals surface area (Å²) >= 11 is 0. The van der Waals surface area contributed by atoms with Crippen molar-refractivity contribution in [3.8, 4) is 11.3 Å². The number of benzene rings is 5. The molecule has 0 spiro atoms. The lowest BCUT2D eigenvalue weighted by atomic mass is 10.1. The van der Waals surface area contributed by atoms with Crippen LogP contribution in [0.25, 0.3) is 22.2 Å². The fourth-order valence-corrected chi connectivity index (χ4v) is 5.20. The minimum absolute atomic E-state index is 0.156. The van der Waals surface area contributed by atoms with Gasteiger partial charge in [0.1, 0.15) is 0 Å². The number of nitrogens with one attached hydrogen (secondary N) is 2. The van der Waals surface area contributed by atoms with Gasteiger partial charge in [-0.2, -0.15) is 0 Å². The maximum absolute atomic E-state index is 13.1. The minimum atomic E-state index is -0.156. The van der Waals surface area contributed by atoms with Gasteiger partial charge in [-0.15, -0.1) is 0 Å². The number of amides is 1. The van der Waals surface area contributed by atoms with E-state index in [0.717, 1.165) is 52.2 Å². The Hall–Kier alpha value is -5.33. The molecular formula is C37H33N5O. The SMILES string of the molecule is Cc1cc(CN(C)Cc2ccccc2)ccc1NC(=O)c1ccc(Nc2nc(-c3ccccc3)c3ccccc3n2)cc1. The summed E-state index contributed by atoms with van der Waals surface area (Å²) in [5.41, 5.74) is 8.45. The van der Waals surface area contributed by atoms with Gasteiger partial charge in [0.15, 0.2) is 0 Å². The average molecular weight is 564 g/mol. The second-order valence-corrected chi connectivity index (χ2v) is 10.7. The van der Waals surface area contributed by atoms with Crippen LogP contribution >= 0.6 is 0 Å². The van der Waals surface area contributed by atoms with E-state index in [1.165, 1.54) is 11.1 Å². The van der Waals surface area contributed by atoms with Crippen molar-refractivity contribution in [2.24, 2.45) is 0 Å². The van der Waals surface area contributed by atoms with Crippen LogP contribution in [0, 0.1) is 6.92 Å². The molecule has 5 aromatic carbocycles. The van der Waals surface area contributed by atoms with Crippen molar-refractivity contribution < 1.29 is 4.79 Å². The van der Waals surface area contributed by atoms with Crippen LogP contribution in [0.4, 0.5) is 17.3 Å². The lowest BCUT2D eigenvalue weighted by Crippen LogP contribution is -2.17. The number of nitrogens with zero attached hydrogens (tertiary/aromatic N) is 3. The highest BCUT2D eigenvalue weighted by atomic mass is 16.1. The largest absolute Gasteiger partial charge is 0.324 e. The van der Waals surface area contributed by atoms with Crippen molar-refractivity contribution in [1.82, 2.24) is 14.9 Å². The van der Waals surface area contributed by atoms with Gasteiger partial charge in [0.2, 0.25) is 5.95 Å². The summed E-state index contributed by atoms with van der Waals surface area (Å²) in [6, 6.07) is 42.1. The molecule has 0 saturated carbocycles. The van der Waals surface area contributed by atoms with Crippen LogP contribution in [0.2, 0.25) is 0 Å². The van der Waals surface area contributed by atoms with Crippen LogP contribution in [0.1, 0.15) is 27.0 Å². The molecular weight excluding hydrogens is 530 g/mol. The van der Waals surface area contributed by atoms with Crippen LogP contribution in [0.5, 0.6) is 0 Å². The maximum Gasteiger partial charge on any atom is 0.255 e. The van der Waals surface area contributed by atoms with Gasteiger partial charge in [-0.05, 0) is 67.1 Å². The number of fused-ring (bicyclic) bond motifs is 1. The van der Waals surface area contributed by atoms with Crippen LogP contribution in [-0.2, 0) is 13.1 Å². The number of carbonyl (C=O) groups is 1. The topological polar surface area (TPSA) is 70.2 Å². The molecule has 6 heteroatoms. The molecule has 0 fully saturated rings. The summed E-state index contributed by atoms with van der Waals surface area (Å²) in [7, 11) is 2.12. The first-order valence-corrected chi connectivity index (χ1v) is 14.3. The predicted octanol–water partition coefficient (Wildman–Crippen LogP) is 8.23. The quantitative estimate of drug-likeness (QED) is 0.185. The summed E-state index contributed by atoms with van der Waals surface area (Å²) in [5, 5.41) is 7.37. The zero-order chi connectivity index (χ0) is 29.6. The number of hydrogen-bond acceptors (Lipinski definition) is 5. The van der Waals surface area contributed by atoms with Crippen molar-refractivity contribution in [3.05, 3.63) is 150 Å². The van der Waals surface area contributed by atoms with Crippen molar-refractivity contribution in [2.45, 2.75) is 20.0 Å². The van der Waals surface area contributed by atoms with Gasteiger partial charge in [-0.25, -0.2) is 9.97 Å². The van der Waals surface area contributed by atoms with E-state index >= 15 is 0 Å². The number of aromatic nitrogens is 2. The highest BCUT2D eigenvalue weighted by Crippen LogP contribution is 2.28. The maximum atomic E-state index is 13.1. The number of anilines is 3. The Labute approximate surface area is 252 Å². The molecule has 0 aliphatic carbocycles. The lowest BCUT2D eigenvalue weighted by molar-refractivity contribution is 0.102. The monoisotopic (exact) mass is 563 g/mol. The smallest absolute Gasteiger partial charge is 0.255 e. The van der Waals surface area contributed by atoms with Crippen LogP contribution < -0.4 is 10.6 Å². The van der Waals surface area contributed by atoms with Gasteiger partial charge in [0.25, 0.3) is 5.91 Å². The van der Waals surface area contributed by atoms with Crippen molar-refractivity contribution >= 4 is 34.1 Å². The molecule has 1 heterocycles. The minimum Gasteiger partial charge on any atom is -0.324 e. The molecule has 0 radical (unpaired) electrons. The van der Waals surface area contributed by atoms with Crippen LogP contribution in [-0.4, -0.2) is 27.8 Å². The second-order valence-electron chi connectivity index (χ2n) is 10.7. The van der Waals surface area contributed by atoms with E-state index in [1.807, 2.05) is 85.8 Å². The van der Waals surface area contributed by atoms with Gasteiger partial charge >= 0.3 is 0 Å². The van der Waals surface area contributed by atoms with E-state index < -0.39 is 0 Å². The molecule has 0 saturated heterocycles. The Bertz CT molecular complexity index is 1850. The Morgan fingerprint density at radius 1 is 0.721 bits per heavy atom. The average Bonchev–Trinajstić information content (AvgIpc) is 3.03. The van der Waals surface area contributed by atoms with Gasteiger partial charge in [0, 0.05) is 41.0 Å². The molecule has 0 aliphatic rings. The summed E-state index contributed by atoms with van der Waals surface area (Å²) in [5.74, 6) is 0.344. The fraction of sp³-hybridized carbons (Fsp3) is 0.108. The number of carbonyl (C=O) groups excluding carboxylic acids is 1. The fourth-order valence-electron chi connectivity index (χ4n) is 5.20. The van der Waals surface area contributed by atoms with E-state index in [0.29, 0.717) is 11.5 Å². The van der Waals surface area contributed by atoms with E-state index in [2.05, 4.69) is 59.0 Å². The highest BCUT2D eigenvalue weighted by Gasteiger charge is 2.12. The Morgan fingerprint density at radius 3 is 2.14 bits per heavy atom. The molecule has 0 atom stereocenters. The van der Waals surface area contributed by atoms with Gasteiger partial charge in [0.05, 0.1) is 11.2 Å². The molecule has 0 aliphatic heterocycles. The molecule has 43 heavy (non-hydrogen) atoms. The first-order valence-electron chi connectivity index (χ1n) is 14.3. The van der Waals surface area contributed by atoms with E-state index in [-0.39, 0.29) is 5.91 Å². The molecule has 1 amide bonds. The Kier molecular flexibility index (Phi) is 8.20. The highest BCUT2D eigenvalue weighted by molar-refractivity contribution is 6.05. The Balaban J connectivity index is 1.12. The predicted molar refractivity (Wildman–Crippen MR) is 175 cm³/mol. The zero-order valence-corrected chi connectivity index (χ0v) is 24.3. The molecule has 2 N–H and O–H groups in total. The Morgan fingerprint density at radius 2 is 1.40 bits per heavy atom. The molecule has 6 rings (SSSR count). The van der Waals surface area contributed by atoms with Crippen LogP contribution in [0.15, 0.2) is 127 Å². The number of para-hydroxylation sites is 1. The standard InChI is InChI=1S/C37H33N5O/c1-26-23-28(25-42(2)24-27-11-5-3-6-12-27)17-22-33(26)39-36(43)30-18-20-31(21-19-30)38-37-40-34-16-10-9-15-32(34)35(41-37)29-13-7-4-8-14-29/h3-23H,24-25H2,1-2H3,(H,39,43)(H,38,40,41). The van der Waals surface area contributed by atoms with Crippen molar-refractivity contribution in [2.75, 3.05) is 17.7 Å². The third-order valence-corrected chi connectivity index (χ3v) is 7.34. The van der Waals surface area contributed by atoms with Gasteiger partial charge < -0.3 is 10.6 Å².